The van der Waals surface area contributed by atoms with Gasteiger partial charge in [-0.05, 0) is 37.1 Å². The van der Waals surface area contributed by atoms with Crippen LogP contribution in [-0.2, 0) is 14.3 Å². The predicted molar refractivity (Wildman–Crippen MR) is 92.0 cm³/mol. The van der Waals surface area contributed by atoms with Gasteiger partial charge < -0.3 is 20.1 Å². The largest absolute Gasteiger partial charge is 0.491 e. The number of benzene rings is 1. The molecule has 1 aromatic rings. The van der Waals surface area contributed by atoms with Crippen LogP contribution in [0.15, 0.2) is 24.3 Å². The quantitative estimate of drug-likeness (QED) is 0.788. The van der Waals surface area contributed by atoms with Crippen molar-refractivity contribution in [3.8, 4) is 5.75 Å². The average Bonchev–Trinajstić information content (AvgIpc) is 2.63. The number of carbonyl (C=O) groups is 2. The summed E-state index contributed by atoms with van der Waals surface area (Å²) in [6, 6.07) is 5.95. The van der Waals surface area contributed by atoms with E-state index in [1.165, 1.54) is 12.1 Å². The standard InChI is InChI=1S/C18H24FN3O4/c19-13-1-3-15(4-2-13)25-11-16-9-22(18(24)12-26-16)14-5-7-21(8-6-14)10-17(20)23/h1-4,14,16H,5-12H2,(H2,20,23)/t16-/m1/s1. The first-order valence-corrected chi connectivity index (χ1v) is 8.81. The van der Waals surface area contributed by atoms with Gasteiger partial charge in [-0.1, -0.05) is 0 Å². The van der Waals surface area contributed by atoms with Gasteiger partial charge in [0.15, 0.2) is 0 Å². The molecule has 2 amide bonds. The number of hydrogen-bond acceptors (Lipinski definition) is 5. The number of carbonyl (C=O) groups excluding carboxylic acids is 2. The highest BCUT2D eigenvalue weighted by Gasteiger charge is 2.33. The maximum absolute atomic E-state index is 12.9. The number of nitrogens with zero attached hydrogens (tertiary/aromatic N) is 2. The van der Waals surface area contributed by atoms with E-state index in [2.05, 4.69) is 0 Å². The highest BCUT2D eigenvalue weighted by Crippen LogP contribution is 2.21. The zero-order valence-corrected chi connectivity index (χ0v) is 14.6. The van der Waals surface area contributed by atoms with Crippen molar-refractivity contribution >= 4 is 11.8 Å². The van der Waals surface area contributed by atoms with Crippen molar-refractivity contribution < 1.29 is 23.5 Å². The molecule has 1 aromatic carbocycles. The van der Waals surface area contributed by atoms with Gasteiger partial charge in [-0.3, -0.25) is 14.5 Å². The van der Waals surface area contributed by atoms with E-state index in [-0.39, 0.29) is 42.9 Å². The third-order valence-electron chi connectivity index (χ3n) is 4.79. The van der Waals surface area contributed by atoms with Crippen LogP contribution in [0, 0.1) is 5.82 Å². The van der Waals surface area contributed by atoms with Crippen molar-refractivity contribution in [1.29, 1.82) is 0 Å². The molecule has 2 fully saturated rings. The van der Waals surface area contributed by atoms with Gasteiger partial charge >= 0.3 is 0 Å². The molecule has 0 bridgehead atoms. The molecular weight excluding hydrogens is 341 g/mol. The molecule has 2 aliphatic rings. The highest BCUT2D eigenvalue weighted by atomic mass is 19.1. The molecule has 2 N–H and O–H groups in total. The molecule has 0 saturated carbocycles. The van der Waals surface area contributed by atoms with E-state index in [4.69, 9.17) is 15.2 Å². The molecule has 26 heavy (non-hydrogen) atoms. The van der Waals surface area contributed by atoms with E-state index >= 15 is 0 Å². The summed E-state index contributed by atoms with van der Waals surface area (Å²) in [4.78, 5) is 27.1. The Bertz CT molecular complexity index is 632. The summed E-state index contributed by atoms with van der Waals surface area (Å²) in [5, 5.41) is 0. The summed E-state index contributed by atoms with van der Waals surface area (Å²) in [5.74, 6) is -0.0933. The Morgan fingerprint density at radius 2 is 1.96 bits per heavy atom. The number of primary amides is 1. The van der Waals surface area contributed by atoms with Gasteiger partial charge in [0, 0.05) is 19.1 Å². The van der Waals surface area contributed by atoms with Crippen LogP contribution in [0.3, 0.4) is 0 Å². The molecule has 142 valence electrons. The van der Waals surface area contributed by atoms with Crippen molar-refractivity contribution in [3.63, 3.8) is 0 Å². The number of likely N-dealkylation sites (tertiary alicyclic amines) is 1. The zero-order valence-electron chi connectivity index (χ0n) is 14.6. The van der Waals surface area contributed by atoms with Crippen LogP contribution in [0.25, 0.3) is 0 Å². The van der Waals surface area contributed by atoms with Crippen LogP contribution in [-0.4, -0.2) is 73.2 Å². The summed E-state index contributed by atoms with van der Waals surface area (Å²) in [6.45, 7) is 2.57. The van der Waals surface area contributed by atoms with Crippen LogP contribution in [0.2, 0.25) is 0 Å². The molecule has 8 heteroatoms. The van der Waals surface area contributed by atoms with Crippen molar-refractivity contribution in [2.75, 3.05) is 39.4 Å². The summed E-state index contributed by atoms with van der Waals surface area (Å²) in [7, 11) is 0. The van der Waals surface area contributed by atoms with E-state index in [1.54, 1.807) is 12.1 Å². The summed E-state index contributed by atoms with van der Waals surface area (Å²) in [6.07, 6.45) is 1.40. The molecule has 2 aliphatic heterocycles. The number of amides is 2. The number of rotatable bonds is 6. The molecule has 0 spiro atoms. The van der Waals surface area contributed by atoms with Crippen LogP contribution >= 0.6 is 0 Å². The molecule has 2 saturated heterocycles. The molecule has 0 aliphatic carbocycles. The normalized spacial score (nSPS) is 22.4. The Morgan fingerprint density at radius 1 is 1.27 bits per heavy atom. The SMILES string of the molecule is NC(=O)CN1CCC(N2C[C@H](COc3ccc(F)cc3)OCC2=O)CC1. The van der Waals surface area contributed by atoms with Crippen molar-refractivity contribution in [3.05, 3.63) is 30.1 Å². The first kappa shape index (κ1) is 18.6. The minimum atomic E-state index is -0.330. The zero-order chi connectivity index (χ0) is 18.5. The predicted octanol–water partition coefficient (Wildman–Crippen LogP) is 0.382. The molecule has 0 unspecified atom stereocenters. The van der Waals surface area contributed by atoms with E-state index in [1.807, 2.05) is 9.80 Å². The van der Waals surface area contributed by atoms with E-state index in [0.717, 1.165) is 25.9 Å². The minimum Gasteiger partial charge on any atom is -0.491 e. The Balaban J connectivity index is 1.49. The van der Waals surface area contributed by atoms with Crippen molar-refractivity contribution in [1.82, 2.24) is 9.80 Å². The third-order valence-corrected chi connectivity index (χ3v) is 4.79. The monoisotopic (exact) mass is 365 g/mol. The Hall–Kier alpha value is -2.19. The maximum atomic E-state index is 12.9. The Labute approximate surface area is 151 Å². The van der Waals surface area contributed by atoms with E-state index < -0.39 is 0 Å². The first-order valence-electron chi connectivity index (χ1n) is 8.81. The van der Waals surface area contributed by atoms with Crippen molar-refractivity contribution in [2.45, 2.75) is 25.0 Å². The lowest BCUT2D eigenvalue weighted by molar-refractivity contribution is -0.155. The Kier molecular flexibility index (Phi) is 6.05. The molecule has 7 nitrogen and oxygen atoms in total. The second-order valence-electron chi connectivity index (χ2n) is 6.72. The highest BCUT2D eigenvalue weighted by molar-refractivity contribution is 5.78. The molecule has 0 aromatic heterocycles. The van der Waals surface area contributed by atoms with Crippen molar-refractivity contribution in [2.24, 2.45) is 5.73 Å². The van der Waals surface area contributed by atoms with Gasteiger partial charge in [-0.25, -0.2) is 4.39 Å². The lowest BCUT2D eigenvalue weighted by Gasteiger charge is -2.41. The maximum Gasteiger partial charge on any atom is 0.248 e. The number of nitrogens with two attached hydrogens (primary N) is 1. The second-order valence-corrected chi connectivity index (χ2v) is 6.72. The molecule has 2 heterocycles. The van der Waals surface area contributed by atoms with E-state index in [0.29, 0.717) is 18.9 Å². The molecule has 3 rings (SSSR count). The molecule has 0 radical (unpaired) electrons. The van der Waals surface area contributed by atoms with Crippen LogP contribution in [0.4, 0.5) is 4.39 Å². The number of hydrogen-bond donors (Lipinski definition) is 1. The number of halogens is 1. The number of morpholine rings is 1. The van der Waals surface area contributed by atoms with Gasteiger partial charge in [0.25, 0.3) is 0 Å². The van der Waals surface area contributed by atoms with Gasteiger partial charge in [0.1, 0.15) is 30.9 Å². The molecular formula is C18H24FN3O4. The summed E-state index contributed by atoms with van der Waals surface area (Å²) in [5.41, 5.74) is 5.23. The lowest BCUT2D eigenvalue weighted by Crippen LogP contribution is -2.55. The fourth-order valence-electron chi connectivity index (χ4n) is 3.43. The summed E-state index contributed by atoms with van der Waals surface area (Å²) < 4.78 is 24.1. The topological polar surface area (TPSA) is 85.1 Å². The fraction of sp³-hybridized carbons (Fsp3) is 0.556. The first-order chi connectivity index (χ1) is 12.5. The average molecular weight is 365 g/mol. The summed E-state index contributed by atoms with van der Waals surface area (Å²) >= 11 is 0. The Morgan fingerprint density at radius 3 is 2.62 bits per heavy atom. The number of piperidine rings is 1. The number of ether oxygens (including phenoxy) is 2. The fourth-order valence-corrected chi connectivity index (χ4v) is 3.43. The van der Waals surface area contributed by atoms with Crippen LogP contribution in [0.1, 0.15) is 12.8 Å². The van der Waals surface area contributed by atoms with Gasteiger partial charge in [0.05, 0.1) is 13.1 Å². The van der Waals surface area contributed by atoms with Gasteiger partial charge in [-0.2, -0.15) is 0 Å². The smallest absolute Gasteiger partial charge is 0.248 e. The minimum absolute atomic E-state index is 0.0172. The van der Waals surface area contributed by atoms with Crippen LogP contribution < -0.4 is 10.5 Å². The van der Waals surface area contributed by atoms with Gasteiger partial charge in [-0.15, -0.1) is 0 Å². The van der Waals surface area contributed by atoms with Gasteiger partial charge in [0.2, 0.25) is 11.8 Å². The molecule has 1 atom stereocenters. The second kappa shape index (κ2) is 8.46. The van der Waals surface area contributed by atoms with E-state index in [9.17, 15) is 14.0 Å². The lowest BCUT2D eigenvalue weighted by atomic mass is 10.0. The van der Waals surface area contributed by atoms with Crippen LogP contribution in [0.5, 0.6) is 5.75 Å². The third kappa shape index (κ3) is 4.92.